The number of amides is 1. The maximum Gasteiger partial charge on any atom is 0.344 e. The van der Waals surface area contributed by atoms with Crippen LogP contribution in [0.1, 0.15) is 36.2 Å². The summed E-state index contributed by atoms with van der Waals surface area (Å²) in [7, 11) is 0. The monoisotopic (exact) mass is 332 g/mol. The Morgan fingerprint density at radius 2 is 2.13 bits per heavy atom. The molecule has 7 nitrogen and oxygen atoms in total. The summed E-state index contributed by atoms with van der Waals surface area (Å²) in [5.74, 6) is -0.242. The number of hydrogen-bond donors (Lipinski definition) is 2. The molecule has 1 aliphatic rings. The van der Waals surface area contributed by atoms with Gasteiger partial charge in [-0.2, -0.15) is 0 Å². The number of Topliss-reactive ketones (excluding diaryl/α,β-unsaturated/α-hetero) is 1. The number of nitrogens with one attached hydrogen (secondary N) is 2. The molecule has 1 aromatic heterocycles. The van der Waals surface area contributed by atoms with Crippen molar-refractivity contribution in [3.8, 4) is 0 Å². The number of anilines is 1. The van der Waals surface area contributed by atoms with Gasteiger partial charge in [0.15, 0.2) is 10.9 Å². The van der Waals surface area contributed by atoms with Gasteiger partial charge in [-0.3, -0.25) is 14.2 Å². The van der Waals surface area contributed by atoms with Gasteiger partial charge in [-0.25, -0.2) is 9.89 Å². The number of H-pyrrole nitrogens is 1. The van der Waals surface area contributed by atoms with Gasteiger partial charge in [-0.05, 0) is 31.9 Å². The molecule has 1 aliphatic carbocycles. The van der Waals surface area contributed by atoms with Crippen molar-refractivity contribution in [3.05, 3.63) is 40.3 Å². The van der Waals surface area contributed by atoms with Crippen LogP contribution in [0.15, 0.2) is 34.2 Å². The summed E-state index contributed by atoms with van der Waals surface area (Å²) in [4.78, 5) is 35.3. The minimum atomic E-state index is -0.249. The number of nitrogens with zero attached hydrogens (tertiary/aromatic N) is 2. The van der Waals surface area contributed by atoms with Crippen LogP contribution >= 0.6 is 11.8 Å². The molecule has 1 aromatic carbocycles. The van der Waals surface area contributed by atoms with Gasteiger partial charge in [0.25, 0.3) is 0 Å². The van der Waals surface area contributed by atoms with Crippen molar-refractivity contribution in [1.82, 2.24) is 14.8 Å². The Morgan fingerprint density at radius 3 is 2.83 bits per heavy atom. The topological polar surface area (TPSA) is 96.8 Å². The predicted molar refractivity (Wildman–Crippen MR) is 86.9 cm³/mol. The van der Waals surface area contributed by atoms with Crippen LogP contribution < -0.4 is 11.0 Å². The van der Waals surface area contributed by atoms with Crippen LogP contribution in [0.5, 0.6) is 0 Å². The molecule has 0 radical (unpaired) electrons. The molecule has 0 unspecified atom stereocenters. The first kappa shape index (κ1) is 15.5. The number of aromatic nitrogens is 3. The first-order chi connectivity index (χ1) is 11.1. The van der Waals surface area contributed by atoms with E-state index in [-0.39, 0.29) is 29.2 Å². The standard InChI is InChI=1S/C15H16N4O3S/c1-9(20)11-4-2-3-5-12(11)16-13(21)8-23-15-18-17-14(22)19(15)10-6-7-10/h2-5,10H,6-8H2,1H3,(H,16,21)(H,17,22). The van der Waals surface area contributed by atoms with Crippen molar-refractivity contribution in [2.24, 2.45) is 0 Å². The van der Waals surface area contributed by atoms with Crippen molar-refractivity contribution in [2.75, 3.05) is 11.1 Å². The quantitative estimate of drug-likeness (QED) is 0.621. The molecule has 23 heavy (non-hydrogen) atoms. The lowest BCUT2D eigenvalue weighted by Crippen LogP contribution is -2.18. The fourth-order valence-electron chi connectivity index (χ4n) is 2.26. The minimum Gasteiger partial charge on any atom is -0.325 e. The number of carbonyl (C=O) groups excluding carboxylic acids is 2. The largest absolute Gasteiger partial charge is 0.344 e. The molecule has 1 heterocycles. The fraction of sp³-hybridized carbons (Fsp3) is 0.333. The average Bonchev–Trinajstić information content (AvgIpc) is 3.29. The van der Waals surface area contributed by atoms with Crippen LogP contribution in [0.3, 0.4) is 0 Å². The number of benzene rings is 1. The van der Waals surface area contributed by atoms with E-state index in [0.29, 0.717) is 16.4 Å². The number of para-hydroxylation sites is 1. The zero-order valence-electron chi connectivity index (χ0n) is 12.5. The van der Waals surface area contributed by atoms with E-state index < -0.39 is 0 Å². The summed E-state index contributed by atoms with van der Waals surface area (Å²) >= 11 is 1.20. The van der Waals surface area contributed by atoms with Crippen molar-refractivity contribution in [3.63, 3.8) is 0 Å². The Bertz CT molecular complexity index is 807. The second kappa shape index (κ2) is 6.41. The first-order valence-electron chi connectivity index (χ1n) is 7.26. The number of thioether (sulfide) groups is 1. The molecule has 2 aromatic rings. The van der Waals surface area contributed by atoms with E-state index in [1.54, 1.807) is 28.8 Å². The second-order valence-corrected chi connectivity index (χ2v) is 6.29. The molecule has 0 atom stereocenters. The molecule has 120 valence electrons. The van der Waals surface area contributed by atoms with Crippen LogP contribution in [0.2, 0.25) is 0 Å². The zero-order chi connectivity index (χ0) is 16.4. The molecule has 0 aliphatic heterocycles. The smallest absolute Gasteiger partial charge is 0.325 e. The number of rotatable bonds is 6. The maximum absolute atomic E-state index is 12.1. The third kappa shape index (κ3) is 3.53. The molecule has 8 heteroatoms. The average molecular weight is 332 g/mol. The van der Waals surface area contributed by atoms with Crippen LogP contribution in [0, 0.1) is 0 Å². The zero-order valence-corrected chi connectivity index (χ0v) is 13.4. The van der Waals surface area contributed by atoms with Gasteiger partial charge in [-0.1, -0.05) is 23.9 Å². The number of hydrogen-bond acceptors (Lipinski definition) is 5. The molecule has 2 N–H and O–H groups in total. The summed E-state index contributed by atoms with van der Waals surface area (Å²) in [6.07, 6.45) is 1.93. The predicted octanol–water partition coefficient (Wildman–Crippen LogP) is 1.84. The highest BCUT2D eigenvalue weighted by Gasteiger charge is 2.28. The van der Waals surface area contributed by atoms with E-state index >= 15 is 0 Å². The third-order valence-corrected chi connectivity index (χ3v) is 4.45. The van der Waals surface area contributed by atoms with Gasteiger partial charge in [-0.15, -0.1) is 5.10 Å². The van der Waals surface area contributed by atoms with Gasteiger partial charge in [0.1, 0.15) is 0 Å². The van der Waals surface area contributed by atoms with Crippen LogP contribution in [-0.4, -0.2) is 32.2 Å². The van der Waals surface area contributed by atoms with Gasteiger partial charge < -0.3 is 5.32 Å². The lowest BCUT2D eigenvalue weighted by atomic mass is 10.1. The highest BCUT2D eigenvalue weighted by Crippen LogP contribution is 2.36. The van der Waals surface area contributed by atoms with Crippen LogP contribution in [-0.2, 0) is 4.79 Å². The molecule has 0 bridgehead atoms. The number of carbonyl (C=O) groups is 2. The molecule has 1 saturated carbocycles. The normalized spacial score (nSPS) is 13.8. The van der Waals surface area contributed by atoms with E-state index in [1.165, 1.54) is 18.7 Å². The van der Waals surface area contributed by atoms with Crippen molar-refractivity contribution < 1.29 is 9.59 Å². The van der Waals surface area contributed by atoms with Gasteiger partial charge in [0, 0.05) is 11.6 Å². The summed E-state index contributed by atoms with van der Waals surface area (Å²) < 4.78 is 1.60. The second-order valence-electron chi connectivity index (χ2n) is 5.35. The molecule has 0 saturated heterocycles. The molecule has 1 fully saturated rings. The van der Waals surface area contributed by atoms with E-state index in [0.717, 1.165) is 12.8 Å². The summed E-state index contributed by atoms with van der Waals surface area (Å²) in [5.41, 5.74) is 0.727. The molecule has 3 rings (SSSR count). The van der Waals surface area contributed by atoms with Crippen LogP contribution in [0.25, 0.3) is 0 Å². The minimum absolute atomic E-state index is 0.108. The Kier molecular flexibility index (Phi) is 4.33. The van der Waals surface area contributed by atoms with Crippen molar-refractivity contribution in [1.29, 1.82) is 0 Å². The molecular weight excluding hydrogens is 316 g/mol. The SMILES string of the molecule is CC(=O)c1ccccc1NC(=O)CSc1n[nH]c(=O)n1C1CC1. The van der Waals surface area contributed by atoms with E-state index in [4.69, 9.17) is 0 Å². The van der Waals surface area contributed by atoms with E-state index in [2.05, 4.69) is 15.5 Å². The Morgan fingerprint density at radius 1 is 1.39 bits per heavy atom. The van der Waals surface area contributed by atoms with Gasteiger partial charge in [0.05, 0.1) is 11.4 Å². The number of aromatic amines is 1. The highest BCUT2D eigenvalue weighted by molar-refractivity contribution is 7.99. The lowest BCUT2D eigenvalue weighted by Gasteiger charge is -2.08. The van der Waals surface area contributed by atoms with Crippen molar-refractivity contribution >= 4 is 29.1 Å². The first-order valence-corrected chi connectivity index (χ1v) is 8.24. The lowest BCUT2D eigenvalue weighted by molar-refractivity contribution is -0.113. The Labute approximate surface area is 136 Å². The van der Waals surface area contributed by atoms with Gasteiger partial charge >= 0.3 is 5.69 Å². The Hall–Kier alpha value is -2.35. The highest BCUT2D eigenvalue weighted by atomic mass is 32.2. The van der Waals surface area contributed by atoms with Gasteiger partial charge in [0.2, 0.25) is 5.91 Å². The van der Waals surface area contributed by atoms with Crippen LogP contribution in [0.4, 0.5) is 5.69 Å². The number of ketones is 1. The van der Waals surface area contributed by atoms with Crippen molar-refractivity contribution in [2.45, 2.75) is 31.0 Å². The molecule has 0 spiro atoms. The summed E-state index contributed by atoms with van der Waals surface area (Å²) in [5, 5.41) is 9.62. The molecule has 1 amide bonds. The summed E-state index contributed by atoms with van der Waals surface area (Å²) in [6, 6.07) is 7.06. The van der Waals surface area contributed by atoms with E-state index in [1.807, 2.05) is 0 Å². The fourth-order valence-corrected chi connectivity index (χ4v) is 3.08. The van der Waals surface area contributed by atoms with E-state index in [9.17, 15) is 14.4 Å². The Balaban J connectivity index is 1.65. The maximum atomic E-state index is 12.1. The summed E-state index contributed by atoms with van der Waals surface area (Å²) in [6.45, 7) is 1.46. The third-order valence-electron chi connectivity index (χ3n) is 3.50. The molecular formula is C15H16N4O3S.